The van der Waals surface area contributed by atoms with Gasteiger partial charge in [-0.15, -0.1) is 0 Å². The normalized spacial score (nSPS) is 19.1. The van der Waals surface area contributed by atoms with Crippen molar-refractivity contribution in [3.63, 3.8) is 0 Å². The molecule has 1 atom stereocenters. The molecule has 4 rings (SSSR count). The Bertz CT molecular complexity index is 1050. The Kier molecular flexibility index (Phi) is 5.57. The van der Waals surface area contributed by atoms with E-state index in [-0.39, 0.29) is 18.2 Å². The Hall–Kier alpha value is -2.43. The molecule has 0 bridgehead atoms. The third-order valence-electron chi connectivity index (χ3n) is 5.23. The Labute approximate surface area is 183 Å². The number of anilines is 1. The number of hydrogen-bond acceptors (Lipinski definition) is 5. The van der Waals surface area contributed by atoms with Crippen LogP contribution in [0.2, 0.25) is 0 Å². The average molecular weight is 470 g/mol. The fourth-order valence-corrected chi connectivity index (χ4v) is 5.34. The third kappa shape index (κ3) is 3.75. The van der Waals surface area contributed by atoms with Gasteiger partial charge in [-0.25, -0.2) is 0 Å². The number of amides is 1. The van der Waals surface area contributed by atoms with E-state index in [1.165, 1.54) is 5.56 Å². The first-order valence-corrected chi connectivity index (χ1v) is 11.0. The maximum Gasteiger partial charge on any atom is 0.229 e. The number of halogens is 1. The molecule has 29 heavy (non-hydrogen) atoms. The molecule has 0 aliphatic carbocycles. The second-order valence-electron chi connectivity index (χ2n) is 7.09. The highest BCUT2D eigenvalue weighted by atomic mass is 79.9. The SMILES string of the molecule is COc1ccc(Br)cc1[C@@H]1CC(=O)N2CN(c3cccc(C)c3)CSC2=C1C#N. The van der Waals surface area contributed by atoms with Crippen molar-refractivity contribution in [3.8, 4) is 11.8 Å². The first-order valence-electron chi connectivity index (χ1n) is 9.24. The molecule has 0 N–H and O–H groups in total. The van der Waals surface area contributed by atoms with E-state index in [1.54, 1.807) is 23.8 Å². The lowest BCUT2D eigenvalue weighted by Gasteiger charge is -2.42. The standard InChI is InChI=1S/C22H20BrN3O2S/c1-14-4-3-5-16(8-14)25-12-26-21(27)10-17(19(11-24)22(26)29-13-25)18-9-15(23)6-7-20(18)28-2/h3-9,17H,10,12-13H2,1-2H3/t17-/m0/s1. The highest BCUT2D eigenvalue weighted by Gasteiger charge is 2.39. The van der Waals surface area contributed by atoms with Crippen molar-refractivity contribution >= 4 is 39.3 Å². The molecule has 0 spiro atoms. The zero-order valence-corrected chi connectivity index (χ0v) is 18.6. The van der Waals surface area contributed by atoms with Gasteiger partial charge in [-0.2, -0.15) is 5.26 Å². The molecule has 2 aromatic carbocycles. The first kappa shape index (κ1) is 19.9. The second kappa shape index (κ2) is 8.13. The number of carbonyl (C=O) groups is 1. The number of thioether (sulfide) groups is 1. The predicted octanol–water partition coefficient (Wildman–Crippen LogP) is 4.99. The number of carbonyl (C=O) groups excluding carboxylic acids is 1. The van der Waals surface area contributed by atoms with E-state index in [2.05, 4.69) is 52.0 Å². The first-order chi connectivity index (χ1) is 14.0. The summed E-state index contributed by atoms with van der Waals surface area (Å²) in [5, 5.41) is 10.7. The van der Waals surface area contributed by atoms with Gasteiger partial charge in [-0.05, 0) is 42.8 Å². The van der Waals surface area contributed by atoms with Gasteiger partial charge in [0.1, 0.15) is 5.75 Å². The van der Waals surface area contributed by atoms with E-state index >= 15 is 0 Å². The van der Waals surface area contributed by atoms with Gasteiger partial charge in [0.2, 0.25) is 5.91 Å². The molecule has 2 aromatic rings. The van der Waals surface area contributed by atoms with Crippen molar-refractivity contribution in [1.82, 2.24) is 4.90 Å². The zero-order chi connectivity index (χ0) is 20.5. The van der Waals surface area contributed by atoms with Crippen LogP contribution >= 0.6 is 27.7 Å². The zero-order valence-electron chi connectivity index (χ0n) is 16.2. The van der Waals surface area contributed by atoms with Gasteiger partial charge in [0.15, 0.2) is 0 Å². The van der Waals surface area contributed by atoms with Crippen molar-refractivity contribution < 1.29 is 9.53 Å². The monoisotopic (exact) mass is 469 g/mol. The molecule has 2 aliphatic rings. The van der Waals surface area contributed by atoms with Crippen molar-refractivity contribution in [2.24, 2.45) is 0 Å². The molecule has 1 amide bonds. The van der Waals surface area contributed by atoms with Crippen LogP contribution in [-0.2, 0) is 4.79 Å². The minimum atomic E-state index is -0.302. The molecule has 2 aliphatic heterocycles. The third-order valence-corrected chi connectivity index (χ3v) is 6.88. The number of benzene rings is 2. The summed E-state index contributed by atoms with van der Waals surface area (Å²) in [6, 6.07) is 16.3. The summed E-state index contributed by atoms with van der Waals surface area (Å²) in [5.74, 6) is 1.10. The minimum absolute atomic E-state index is 0.0240. The fraction of sp³-hybridized carbons (Fsp3) is 0.273. The summed E-state index contributed by atoms with van der Waals surface area (Å²) < 4.78 is 6.41. The van der Waals surface area contributed by atoms with Crippen molar-refractivity contribution in [2.75, 3.05) is 24.6 Å². The number of nitriles is 1. The molecule has 148 valence electrons. The molecule has 1 fully saturated rings. The van der Waals surface area contributed by atoms with E-state index in [9.17, 15) is 10.1 Å². The highest BCUT2D eigenvalue weighted by molar-refractivity contribution is 9.10. The van der Waals surface area contributed by atoms with Crippen LogP contribution in [0.1, 0.15) is 23.5 Å². The quantitative estimate of drug-likeness (QED) is 0.633. The molecule has 0 aromatic heterocycles. The molecule has 0 saturated carbocycles. The van der Waals surface area contributed by atoms with E-state index < -0.39 is 0 Å². The van der Waals surface area contributed by atoms with Gasteiger partial charge in [0.05, 0.1) is 36.3 Å². The van der Waals surface area contributed by atoms with E-state index in [0.29, 0.717) is 23.9 Å². The van der Waals surface area contributed by atoms with Crippen LogP contribution in [0.4, 0.5) is 5.69 Å². The number of allylic oxidation sites excluding steroid dienone is 1. The largest absolute Gasteiger partial charge is 0.496 e. The number of aryl methyl sites for hydroxylation is 1. The average Bonchev–Trinajstić information content (AvgIpc) is 2.73. The summed E-state index contributed by atoms with van der Waals surface area (Å²) in [6.45, 7) is 2.51. The van der Waals surface area contributed by atoms with Crippen molar-refractivity contribution in [1.29, 1.82) is 5.26 Å². The van der Waals surface area contributed by atoms with Crippen molar-refractivity contribution in [3.05, 3.63) is 68.7 Å². The molecular formula is C22H20BrN3O2S. The number of ether oxygens (including phenoxy) is 1. The molecule has 7 heteroatoms. The van der Waals surface area contributed by atoms with Crippen LogP contribution in [0, 0.1) is 18.3 Å². The molecule has 2 heterocycles. The van der Waals surface area contributed by atoms with Crippen molar-refractivity contribution in [2.45, 2.75) is 19.3 Å². The van der Waals surface area contributed by atoms with Gasteiger partial charge < -0.3 is 9.64 Å². The summed E-state index contributed by atoms with van der Waals surface area (Å²) >= 11 is 5.04. The molecule has 5 nitrogen and oxygen atoms in total. The highest BCUT2D eigenvalue weighted by Crippen LogP contribution is 2.45. The molecule has 0 unspecified atom stereocenters. The lowest BCUT2D eigenvalue weighted by Crippen LogP contribution is -2.47. The van der Waals surface area contributed by atoms with E-state index in [0.717, 1.165) is 20.8 Å². The number of methoxy groups -OCH3 is 1. The minimum Gasteiger partial charge on any atom is -0.496 e. The summed E-state index contributed by atoms with van der Waals surface area (Å²) in [5.41, 5.74) is 3.76. The lowest BCUT2D eigenvalue weighted by molar-refractivity contribution is -0.129. The van der Waals surface area contributed by atoms with Gasteiger partial charge >= 0.3 is 0 Å². The van der Waals surface area contributed by atoms with Gasteiger partial charge in [-0.3, -0.25) is 9.69 Å². The van der Waals surface area contributed by atoms with E-state index in [1.807, 2.05) is 24.3 Å². The van der Waals surface area contributed by atoms with Crippen LogP contribution in [0.3, 0.4) is 0 Å². The number of rotatable bonds is 3. The van der Waals surface area contributed by atoms with Crippen LogP contribution < -0.4 is 9.64 Å². The maximum atomic E-state index is 13.1. The Balaban J connectivity index is 1.71. The maximum absolute atomic E-state index is 13.1. The summed E-state index contributed by atoms with van der Waals surface area (Å²) in [4.78, 5) is 17.0. The Morgan fingerprint density at radius 2 is 2.10 bits per heavy atom. The van der Waals surface area contributed by atoms with E-state index in [4.69, 9.17) is 4.74 Å². The Morgan fingerprint density at radius 3 is 2.83 bits per heavy atom. The van der Waals surface area contributed by atoms with Crippen LogP contribution in [0.5, 0.6) is 5.75 Å². The smallest absolute Gasteiger partial charge is 0.229 e. The summed E-state index contributed by atoms with van der Waals surface area (Å²) in [6.07, 6.45) is 0.251. The predicted molar refractivity (Wildman–Crippen MR) is 119 cm³/mol. The number of hydrogen-bond donors (Lipinski definition) is 0. The number of nitrogens with zero attached hydrogens (tertiary/aromatic N) is 3. The number of fused-ring (bicyclic) bond motifs is 1. The fourth-order valence-electron chi connectivity index (χ4n) is 3.79. The molecule has 1 saturated heterocycles. The van der Waals surface area contributed by atoms with Crippen LogP contribution in [0.25, 0.3) is 0 Å². The van der Waals surface area contributed by atoms with Gasteiger partial charge in [0.25, 0.3) is 0 Å². The van der Waals surface area contributed by atoms with Gasteiger partial charge in [-0.1, -0.05) is 39.8 Å². The molecular weight excluding hydrogens is 450 g/mol. The van der Waals surface area contributed by atoms with Crippen LogP contribution in [-0.4, -0.2) is 30.5 Å². The lowest BCUT2D eigenvalue weighted by atomic mass is 9.86. The Morgan fingerprint density at radius 1 is 1.28 bits per heavy atom. The van der Waals surface area contributed by atoms with Crippen LogP contribution in [0.15, 0.2) is 57.5 Å². The van der Waals surface area contributed by atoms with Gasteiger partial charge in [0, 0.05) is 28.1 Å². The topological polar surface area (TPSA) is 56.6 Å². The second-order valence-corrected chi connectivity index (χ2v) is 8.94. The molecule has 0 radical (unpaired) electrons. The summed E-state index contributed by atoms with van der Waals surface area (Å²) in [7, 11) is 1.61.